The Kier molecular flexibility index (Phi) is 1.98. The molecule has 0 amide bonds. The van der Waals surface area contributed by atoms with Crippen LogP contribution in [0.2, 0.25) is 0 Å². The minimum Gasteiger partial charge on any atom is -0.0850 e. The van der Waals surface area contributed by atoms with Crippen molar-refractivity contribution in [2.45, 2.75) is 0 Å². The highest BCUT2D eigenvalue weighted by molar-refractivity contribution is 14.2. The average Bonchev–Trinajstić information content (AvgIpc) is 2.29. The molecule has 1 heterocycles. The Labute approximate surface area is 93.0 Å². The van der Waals surface area contributed by atoms with Gasteiger partial charge in [0.25, 0.3) is 0 Å². The molecule has 0 nitrogen and oxygen atoms in total. The smallest absolute Gasteiger partial charge is 0.0156 e. The normalized spacial score (nSPS) is 13.7. The highest BCUT2D eigenvalue weighted by atomic mass is 127. The summed E-state index contributed by atoms with van der Waals surface area (Å²) in [5.74, 6) is 0. The largest absolute Gasteiger partial charge is 0.0850 e. The number of hydrogen-bond donors (Lipinski definition) is 0. The predicted octanol–water partition coefficient (Wildman–Crippen LogP) is 3.81. The van der Waals surface area contributed by atoms with Gasteiger partial charge in [0.1, 0.15) is 0 Å². The number of hydrogen-bond acceptors (Lipinski definition) is 0. The summed E-state index contributed by atoms with van der Waals surface area (Å²) in [5, 5.41) is 2.75. The lowest BCUT2D eigenvalue weighted by Crippen LogP contribution is -1.87. The Morgan fingerprint density at radius 1 is 0.929 bits per heavy atom. The van der Waals surface area contributed by atoms with Crippen molar-refractivity contribution in [1.82, 2.24) is 0 Å². The number of fused-ring (bicyclic) bond motifs is 3. The van der Waals surface area contributed by atoms with Gasteiger partial charge in [-0.25, -0.2) is 0 Å². The van der Waals surface area contributed by atoms with E-state index in [9.17, 15) is 0 Å². The minimum atomic E-state index is 0.108. The third-order valence-corrected chi connectivity index (χ3v) is 4.82. The molecule has 0 aromatic heterocycles. The molecule has 0 saturated carbocycles. The molecule has 2 aromatic carbocycles. The quantitative estimate of drug-likeness (QED) is 0.648. The van der Waals surface area contributed by atoms with Gasteiger partial charge < -0.3 is 0 Å². The topological polar surface area (TPSA) is 0 Å². The molecule has 0 fully saturated rings. The predicted molar refractivity (Wildman–Crippen MR) is 71.8 cm³/mol. The van der Waals surface area contributed by atoms with Crippen molar-refractivity contribution in [3.8, 4) is 0 Å². The highest BCUT2D eigenvalue weighted by Gasteiger charge is 2.04. The summed E-state index contributed by atoms with van der Waals surface area (Å²) in [6.07, 6.45) is 4.43. The maximum absolute atomic E-state index is 2.32. The van der Waals surface area contributed by atoms with Gasteiger partial charge in [0.2, 0.25) is 0 Å². The molecule has 2 aromatic rings. The van der Waals surface area contributed by atoms with E-state index in [1.807, 2.05) is 0 Å². The van der Waals surface area contributed by atoms with Crippen LogP contribution in [0.1, 0.15) is 5.56 Å². The van der Waals surface area contributed by atoms with Crippen molar-refractivity contribution in [1.29, 1.82) is 0 Å². The first-order valence-electron chi connectivity index (χ1n) is 4.60. The SMILES string of the molecule is C1=Cc2c(ccc3ccccc23)I=C1. The van der Waals surface area contributed by atoms with Crippen LogP contribution in [0.25, 0.3) is 16.8 Å². The van der Waals surface area contributed by atoms with Crippen LogP contribution in [0.3, 0.4) is 0 Å². The third-order valence-electron chi connectivity index (χ3n) is 2.43. The highest BCUT2D eigenvalue weighted by Crippen LogP contribution is 2.29. The molecule has 0 bridgehead atoms. The van der Waals surface area contributed by atoms with Gasteiger partial charge in [-0.05, 0) is 26.4 Å². The summed E-state index contributed by atoms with van der Waals surface area (Å²) in [6, 6.07) is 13.1. The summed E-state index contributed by atoms with van der Waals surface area (Å²) < 4.78 is 3.86. The Bertz CT molecular complexity index is 550. The maximum Gasteiger partial charge on any atom is 0.0156 e. The fourth-order valence-corrected chi connectivity index (χ4v) is 3.77. The standard InChI is InChI=1S/C13H9I/c1-2-5-11-10(4-1)7-8-13-12(11)6-3-9-14-13/h1-9H. The second-order valence-electron chi connectivity index (χ2n) is 3.28. The van der Waals surface area contributed by atoms with Gasteiger partial charge in [-0.1, -0.05) is 63.2 Å². The summed E-state index contributed by atoms with van der Waals surface area (Å²) in [7, 11) is 0. The van der Waals surface area contributed by atoms with Crippen molar-refractivity contribution in [2.75, 3.05) is 0 Å². The van der Waals surface area contributed by atoms with Crippen LogP contribution < -0.4 is 0 Å². The van der Waals surface area contributed by atoms with E-state index in [0.29, 0.717) is 0 Å². The van der Waals surface area contributed by atoms with Gasteiger partial charge in [-0.3, -0.25) is 0 Å². The molecule has 0 saturated heterocycles. The molecule has 1 heteroatoms. The van der Waals surface area contributed by atoms with Crippen LogP contribution in [-0.4, -0.2) is 4.01 Å². The summed E-state index contributed by atoms with van der Waals surface area (Å²) in [5.41, 5.74) is 1.44. The molecule has 0 radical (unpaired) electrons. The van der Waals surface area contributed by atoms with E-state index in [1.54, 1.807) is 3.57 Å². The number of benzene rings is 2. The molecule has 3 rings (SSSR count). The molecular weight excluding hydrogens is 283 g/mol. The van der Waals surface area contributed by atoms with E-state index in [4.69, 9.17) is 0 Å². The zero-order valence-corrected chi connectivity index (χ0v) is 9.73. The van der Waals surface area contributed by atoms with Gasteiger partial charge in [-0.2, -0.15) is 0 Å². The summed E-state index contributed by atoms with van der Waals surface area (Å²) in [4.78, 5) is 0. The number of rotatable bonds is 0. The lowest BCUT2D eigenvalue weighted by molar-refractivity contribution is 1.65. The Hall–Kier alpha value is -0.960. The molecule has 0 spiro atoms. The molecule has 0 unspecified atom stereocenters. The van der Waals surface area contributed by atoms with E-state index in [-0.39, 0.29) is 20.7 Å². The molecular formula is C13H9I. The second-order valence-corrected chi connectivity index (χ2v) is 5.78. The molecule has 1 aliphatic heterocycles. The number of halogens is 1. The first-order chi connectivity index (χ1) is 6.95. The van der Waals surface area contributed by atoms with Crippen molar-refractivity contribution < 1.29 is 0 Å². The molecule has 0 N–H and O–H groups in total. The van der Waals surface area contributed by atoms with E-state index in [0.717, 1.165) is 0 Å². The van der Waals surface area contributed by atoms with Crippen LogP contribution in [0.4, 0.5) is 0 Å². The van der Waals surface area contributed by atoms with Crippen LogP contribution in [-0.2, 0) is 0 Å². The van der Waals surface area contributed by atoms with E-state index < -0.39 is 0 Å². The average molecular weight is 292 g/mol. The van der Waals surface area contributed by atoms with Crippen LogP contribution in [0.5, 0.6) is 0 Å². The Balaban J connectivity index is 2.47. The van der Waals surface area contributed by atoms with Crippen molar-refractivity contribution in [2.24, 2.45) is 0 Å². The molecule has 0 aliphatic carbocycles. The van der Waals surface area contributed by atoms with Crippen LogP contribution >= 0.6 is 20.7 Å². The lowest BCUT2D eigenvalue weighted by atomic mass is 10.0. The fourth-order valence-electron chi connectivity index (χ4n) is 1.77. The summed E-state index contributed by atoms with van der Waals surface area (Å²) >= 11 is 0.108. The minimum absolute atomic E-state index is 0.108. The molecule has 0 atom stereocenters. The van der Waals surface area contributed by atoms with E-state index >= 15 is 0 Å². The number of allylic oxidation sites excluding steroid dienone is 1. The van der Waals surface area contributed by atoms with Gasteiger partial charge in [0.05, 0.1) is 0 Å². The summed E-state index contributed by atoms with van der Waals surface area (Å²) in [6.45, 7) is 0. The molecule has 1 aliphatic rings. The van der Waals surface area contributed by atoms with Crippen molar-refractivity contribution in [3.05, 3.63) is 51.6 Å². The first-order valence-corrected chi connectivity index (χ1v) is 6.92. The third kappa shape index (κ3) is 1.23. The van der Waals surface area contributed by atoms with E-state index in [2.05, 4.69) is 52.6 Å². The molecule has 14 heavy (non-hydrogen) atoms. The van der Waals surface area contributed by atoms with Gasteiger partial charge in [0.15, 0.2) is 0 Å². The second kappa shape index (κ2) is 3.31. The van der Waals surface area contributed by atoms with E-state index in [1.165, 1.54) is 16.3 Å². The zero-order valence-electron chi connectivity index (χ0n) is 7.57. The zero-order chi connectivity index (χ0) is 9.38. The maximum atomic E-state index is 2.32. The first kappa shape index (κ1) is 8.36. The van der Waals surface area contributed by atoms with Crippen molar-refractivity contribution in [3.63, 3.8) is 0 Å². The van der Waals surface area contributed by atoms with Crippen molar-refractivity contribution >= 4 is 41.6 Å². The monoisotopic (exact) mass is 292 g/mol. The van der Waals surface area contributed by atoms with Gasteiger partial charge in [-0.15, -0.1) is 0 Å². The Morgan fingerprint density at radius 3 is 2.86 bits per heavy atom. The van der Waals surface area contributed by atoms with Crippen LogP contribution in [0, 0.1) is 3.57 Å². The Morgan fingerprint density at radius 2 is 1.86 bits per heavy atom. The fraction of sp³-hybridized carbons (Fsp3) is 0. The lowest BCUT2D eigenvalue weighted by Gasteiger charge is -2.08. The molecule has 68 valence electrons. The van der Waals surface area contributed by atoms with Gasteiger partial charge in [0, 0.05) is 3.57 Å². The van der Waals surface area contributed by atoms with Crippen LogP contribution in [0.15, 0.2) is 42.5 Å². The van der Waals surface area contributed by atoms with Gasteiger partial charge >= 0.3 is 0 Å².